The molecule has 2 aromatic rings. The molecule has 0 fully saturated rings. The maximum absolute atomic E-state index is 5.33. The molecule has 0 radical (unpaired) electrons. The van der Waals surface area contributed by atoms with E-state index in [4.69, 9.17) is 21.7 Å². The van der Waals surface area contributed by atoms with Crippen LogP contribution in [0.4, 0.5) is 5.69 Å². The van der Waals surface area contributed by atoms with Crippen LogP contribution in [-0.2, 0) is 6.42 Å². The highest BCUT2D eigenvalue weighted by molar-refractivity contribution is 7.80. The molecule has 0 aliphatic rings. The number of benzene rings is 2. The normalized spacial score (nSPS) is 9.91. The predicted octanol–water partition coefficient (Wildman–Crippen LogP) is 3.23. The third-order valence-corrected chi connectivity index (χ3v) is 3.45. The highest BCUT2D eigenvalue weighted by Crippen LogP contribution is 2.18. The summed E-state index contributed by atoms with van der Waals surface area (Å²) >= 11 is 5.30. The molecule has 0 saturated heterocycles. The Labute approximate surface area is 136 Å². The average molecular weight is 316 g/mol. The Morgan fingerprint density at radius 1 is 1.05 bits per heavy atom. The molecule has 0 bridgehead atoms. The molecule has 0 atom stereocenters. The number of nitrogens with one attached hydrogen (secondary N) is 2. The first kappa shape index (κ1) is 16.1. The molecule has 0 aromatic heterocycles. The number of anilines is 1. The Balaban J connectivity index is 1.82. The van der Waals surface area contributed by atoms with Crippen LogP contribution < -0.4 is 20.1 Å². The van der Waals surface area contributed by atoms with Gasteiger partial charge in [-0.2, -0.15) is 0 Å². The van der Waals surface area contributed by atoms with Gasteiger partial charge < -0.3 is 20.1 Å². The van der Waals surface area contributed by atoms with Crippen LogP contribution in [0.15, 0.2) is 48.5 Å². The van der Waals surface area contributed by atoms with Crippen LogP contribution in [0.1, 0.15) is 5.56 Å². The van der Waals surface area contributed by atoms with Gasteiger partial charge in [0.2, 0.25) is 0 Å². The molecule has 5 heteroatoms. The molecule has 0 aliphatic heterocycles. The second kappa shape index (κ2) is 8.24. The van der Waals surface area contributed by atoms with E-state index >= 15 is 0 Å². The highest BCUT2D eigenvalue weighted by Gasteiger charge is 2.03. The number of hydrogen-bond donors (Lipinski definition) is 2. The smallest absolute Gasteiger partial charge is 0.170 e. The van der Waals surface area contributed by atoms with Crippen LogP contribution in [0, 0.1) is 0 Å². The predicted molar refractivity (Wildman–Crippen MR) is 93.9 cm³/mol. The SMILES string of the molecule is COc1cccc(NC(=S)NCCc2ccccc2OC)c1. The van der Waals surface area contributed by atoms with Gasteiger partial charge in [0.05, 0.1) is 14.2 Å². The van der Waals surface area contributed by atoms with Gasteiger partial charge in [-0.05, 0) is 42.4 Å². The summed E-state index contributed by atoms with van der Waals surface area (Å²) in [6, 6.07) is 15.6. The molecule has 2 N–H and O–H groups in total. The fourth-order valence-corrected chi connectivity index (χ4v) is 2.32. The minimum atomic E-state index is 0.586. The van der Waals surface area contributed by atoms with Gasteiger partial charge in [-0.15, -0.1) is 0 Å². The van der Waals surface area contributed by atoms with Crippen molar-refractivity contribution >= 4 is 23.0 Å². The van der Waals surface area contributed by atoms with Crippen molar-refractivity contribution in [3.05, 3.63) is 54.1 Å². The van der Waals surface area contributed by atoms with Gasteiger partial charge in [-0.25, -0.2) is 0 Å². The lowest BCUT2D eigenvalue weighted by molar-refractivity contribution is 0.409. The zero-order chi connectivity index (χ0) is 15.8. The van der Waals surface area contributed by atoms with Gasteiger partial charge in [0.25, 0.3) is 0 Å². The Morgan fingerprint density at radius 2 is 1.86 bits per heavy atom. The number of para-hydroxylation sites is 1. The molecule has 0 saturated carbocycles. The van der Waals surface area contributed by atoms with Crippen molar-refractivity contribution in [1.82, 2.24) is 5.32 Å². The highest BCUT2D eigenvalue weighted by atomic mass is 32.1. The lowest BCUT2D eigenvalue weighted by Crippen LogP contribution is -2.30. The summed E-state index contributed by atoms with van der Waals surface area (Å²) in [7, 11) is 3.32. The van der Waals surface area contributed by atoms with E-state index < -0.39 is 0 Å². The van der Waals surface area contributed by atoms with Gasteiger partial charge in [0.1, 0.15) is 11.5 Å². The Bertz CT molecular complexity index is 632. The summed E-state index contributed by atoms with van der Waals surface area (Å²) in [6.07, 6.45) is 0.837. The first-order chi connectivity index (χ1) is 10.7. The van der Waals surface area contributed by atoms with Crippen LogP contribution in [-0.4, -0.2) is 25.9 Å². The third-order valence-electron chi connectivity index (χ3n) is 3.20. The minimum Gasteiger partial charge on any atom is -0.497 e. The van der Waals surface area contributed by atoms with E-state index in [1.165, 1.54) is 0 Å². The fourth-order valence-electron chi connectivity index (χ4n) is 2.10. The van der Waals surface area contributed by atoms with Crippen LogP contribution >= 0.6 is 12.2 Å². The topological polar surface area (TPSA) is 42.5 Å². The quantitative estimate of drug-likeness (QED) is 0.801. The molecule has 2 aromatic carbocycles. The second-order valence-electron chi connectivity index (χ2n) is 4.67. The van der Waals surface area contributed by atoms with Crippen LogP contribution in [0.5, 0.6) is 11.5 Å². The third kappa shape index (κ3) is 4.63. The summed E-state index contributed by atoms with van der Waals surface area (Å²) in [6.45, 7) is 0.732. The van der Waals surface area contributed by atoms with E-state index in [2.05, 4.69) is 16.7 Å². The van der Waals surface area contributed by atoms with Crippen molar-refractivity contribution in [2.75, 3.05) is 26.1 Å². The summed E-state index contributed by atoms with van der Waals surface area (Å²) < 4.78 is 10.5. The summed E-state index contributed by atoms with van der Waals surface area (Å²) in [5.41, 5.74) is 2.05. The molecule has 0 spiro atoms. The minimum absolute atomic E-state index is 0.586. The first-order valence-electron chi connectivity index (χ1n) is 7.03. The number of hydrogen-bond acceptors (Lipinski definition) is 3. The van der Waals surface area contributed by atoms with E-state index in [1.54, 1.807) is 14.2 Å². The fraction of sp³-hybridized carbons (Fsp3) is 0.235. The van der Waals surface area contributed by atoms with Crippen molar-refractivity contribution in [3.8, 4) is 11.5 Å². The van der Waals surface area contributed by atoms with Gasteiger partial charge in [0, 0.05) is 18.3 Å². The molecule has 0 unspecified atom stereocenters. The Kier molecular flexibility index (Phi) is 6.03. The van der Waals surface area contributed by atoms with Crippen LogP contribution in [0.3, 0.4) is 0 Å². The van der Waals surface area contributed by atoms with Gasteiger partial charge in [-0.3, -0.25) is 0 Å². The van der Waals surface area contributed by atoms with Gasteiger partial charge in [0.15, 0.2) is 5.11 Å². The zero-order valence-corrected chi connectivity index (χ0v) is 13.6. The van der Waals surface area contributed by atoms with E-state index in [0.29, 0.717) is 5.11 Å². The number of methoxy groups -OCH3 is 2. The van der Waals surface area contributed by atoms with Crippen molar-refractivity contribution in [1.29, 1.82) is 0 Å². The Hall–Kier alpha value is -2.27. The average Bonchev–Trinajstić information content (AvgIpc) is 2.55. The molecular weight excluding hydrogens is 296 g/mol. The van der Waals surface area contributed by atoms with Gasteiger partial charge in [-0.1, -0.05) is 24.3 Å². The first-order valence-corrected chi connectivity index (χ1v) is 7.44. The lowest BCUT2D eigenvalue weighted by Gasteiger charge is -2.12. The molecule has 4 nitrogen and oxygen atoms in total. The molecule has 22 heavy (non-hydrogen) atoms. The molecule has 116 valence electrons. The Morgan fingerprint density at radius 3 is 2.64 bits per heavy atom. The zero-order valence-electron chi connectivity index (χ0n) is 12.8. The van der Waals surface area contributed by atoms with Crippen LogP contribution in [0.25, 0.3) is 0 Å². The molecule has 0 heterocycles. The number of thiocarbonyl (C=S) groups is 1. The maximum Gasteiger partial charge on any atom is 0.170 e. The molecular formula is C17H20N2O2S. The van der Waals surface area contributed by atoms with Crippen molar-refractivity contribution < 1.29 is 9.47 Å². The van der Waals surface area contributed by atoms with Gasteiger partial charge >= 0.3 is 0 Å². The van der Waals surface area contributed by atoms with Crippen molar-refractivity contribution in [3.63, 3.8) is 0 Å². The second-order valence-corrected chi connectivity index (χ2v) is 5.08. The standard InChI is InChI=1S/C17H20N2O2S/c1-20-15-8-5-7-14(12-15)19-17(22)18-11-10-13-6-3-4-9-16(13)21-2/h3-9,12H,10-11H2,1-2H3,(H2,18,19,22). The number of ether oxygens (including phenoxy) is 2. The largest absolute Gasteiger partial charge is 0.497 e. The van der Waals surface area contributed by atoms with Crippen molar-refractivity contribution in [2.24, 2.45) is 0 Å². The molecule has 0 aliphatic carbocycles. The van der Waals surface area contributed by atoms with Crippen molar-refractivity contribution in [2.45, 2.75) is 6.42 Å². The molecule has 0 amide bonds. The summed E-state index contributed by atoms with van der Waals surface area (Å²) in [4.78, 5) is 0. The van der Waals surface area contributed by atoms with E-state index in [0.717, 1.165) is 35.7 Å². The monoisotopic (exact) mass is 316 g/mol. The maximum atomic E-state index is 5.33. The number of rotatable bonds is 6. The van der Waals surface area contributed by atoms with Crippen LogP contribution in [0.2, 0.25) is 0 Å². The summed E-state index contributed by atoms with van der Waals surface area (Å²) in [5, 5.41) is 6.92. The molecule has 2 rings (SSSR count). The lowest BCUT2D eigenvalue weighted by atomic mass is 10.1. The van der Waals surface area contributed by atoms with E-state index in [9.17, 15) is 0 Å². The van der Waals surface area contributed by atoms with E-state index in [1.807, 2.05) is 42.5 Å². The van der Waals surface area contributed by atoms with E-state index in [-0.39, 0.29) is 0 Å². The summed E-state index contributed by atoms with van der Waals surface area (Å²) in [5.74, 6) is 1.69.